The standard InChI is InChI=1S/C7H11NO/c1-7(2)5-8(6-7)3-4-9/h3H,5-6H2,1-2H3. The Morgan fingerprint density at radius 2 is 2.11 bits per heavy atom. The van der Waals surface area contributed by atoms with Crippen LogP contribution in [0.2, 0.25) is 0 Å². The van der Waals surface area contributed by atoms with E-state index in [4.69, 9.17) is 0 Å². The van der Waals surface area contributed by atoms with Gasteiger partial charge in [-0.1, -0.05) is 13.8 Å². The molecule has 0 amide bonds. The summed E-state index contributed by atoms with van der Waals surface area (Å²) < 4.78 is 0. The number of carbonyl (C=O) groups excluding carboxylic acids is 1. The molecule has 1 rings (SSSR count). The lowest BCUT2D eigenvalue weighted by Gasteiger charge is -2.44. The van der Waals surface area contributed by atoms with E-state index in [2.05, 4.69) is 13.8 Å². The lowest BCUT2D eigenvalue weighted by Crippen LogP contribution is -2.49. The number of nitrogens with zero attached hydrogens (tertiary/aromatic N) is 1. The van der Waals surface area contributed by atoms with Crippen molar-refractivity contribution in [2.75, 3.05) is 13.1 Å². The first kappa shape index (κ1) is 6.37. The van der Waals surface area contributed by atoms with Crippen LogP contribution >= 0.6 is 0 Å². The van der Waals surface area contributed by atoms with Crippen LogP contribution in [0.1, 0.15) is 13.8 Å². The van der Waals surface area contributed by atoms with Gasteiger partial charge in [0.1, 0.15) is 5.94 Å². The minimum Gasteiger partial charge on any atom is -0.367 e. The van der Waals surface area contributed by atoms with Gasteiger partial charge in [0.15, 0.2) is 0 Å². The van der Waals surface area contributed by atoms with Gasteiger partial charge >= 0.3 is 0 Å². The summed E-state index contributed by atoms with van der Waals surface area (Å²) >= 11 is 0. The second-order valence-corrected chi connectivity index (χ2v) is 3.32. The largest absolute Gasteiger partial charge is 0.367 e. The van der Waals surface area contributed by atoms with Gasteiger partial charge in [-0.25, -0.2) is 4.79 Å². The van der Waals surface area contributed by atoms with Crippen LogP contribution in [0.25, 0.3) is 0 Å². The second-order valence-electron chi connectivity index (χ2n) is 3.32. The van der Waals surface area contributed by atoms with Gasteiger partial charge < -0.3 is 4.90 Å². The monoisotopic (exact) mass is 125 g/mol. The minimum atomic E-state index is 0.410. The Hall–Kier alpha value is -0.750. The zero-order chi connectivity index (χ0) is 6.91. The van der Waals surface area contributed by atoms with Gasteiger partial charge in [0.25, 0.3) is 0 Å². The van der Waals surface area contributed by atoms with E-state index in [0.717, 1.165) is 13.1 Å². The topological polar surface area (TPSA) is 20.3 Å². The van der Waals surface area contributed by atoms with Crippen molar-refractivity contribution in [2.45, 2.75) is 13.8 Å². The van der Waals surface area contributed by atoms with E-state index in [9.17, 15) is 4.79 Å². The molecule has 0 spiro atoms. The van der Waals surface area contributed by atoms with Crippen LogP contribution in [0.5, 0.6) is 0 Å². The zero-order valence-electron chi connectivity index (χ0n) is 5.85. The van der Waals surface area contributed by atoms with Crippen LogP contribution in [0.3, 0.4) is 0 Å². The Labute approximate surface area is 55.2 Å². The van der Waals surface area contributed by atoms with E-state index in [1.54, 1.807) is 5.94 Å². The lowest BCUT2D eigenvalue weighted by atomic mass is 9.85. The fourth-order valence-corrected chi connectivity index (χ4v) is 1.22. The Balaban J connectivity index is 2.35. The van der Waals surface area contributed by atoms with Crippen molar-refractivity contribution in [1.82, 2.24) is 4.90 Å². The molecule has 1 aliphatic heterocycles. The van der Waals surface area contributed by atoms with Crippen molar-refractivity contribution in [2.24, 2.45) is 5.41 Å². The summed E-state index contributed by atoms with van der Waals surface area (Å²) in [6.45, 7) is 6.34. The molecule has 0 atom stereocenters. The summed E-state index contributed by atoms with van der Waals surface area (Å²) in [4.78, 5) is 11.8. The third kappa shape index (κ3) is 1.33. The highest BCUT2D eigenvalue weighted by Crippen LogP contribution is 2.27. The van der Waals surface area contributed by atoms with Crippen LogP contribution in [0.4, 0.5) is 0 Å². The molecule has 0 radical (unpaired) electrons. The average molecular weight is 125 g/mol. The maximum atomic E-state index is 9.80. The van der Waals surface area contributed by atoms with E-state index in [-0.39, 0.29) is 0 Å². The number of rotatable bonds is 1. The number of likely N-dealkylation sites (tertiary alicyclic amines) is 1. The molecule has 0 bridgehead atoms. The van der Waals surface area contributed by atoms with Crippen molar-refractivity contribution in [3.63, 3.8) is 0 Å². The van der Waals surface area contributed by atoms with Crippen molar-refractivity contribution in [1.29, 1.82) is 0 Å². The van der Waals surface area contributed by atoms with Gasteiger partial charge in [0.05, 0.1) is 6.20 Å². The second kappa shape index (κ2) is 1.89. The third-order valence-corrected chi connectivity index (χ3v) is 1.50. The van der Waals surface area contributed by atoms with Gasteiger partial charge in [-0.15, -0.1) is 0 Å². The Kier molecular flexibility index (Phi) is 1.34. The summed E-state index contributed by atoms with van der Waals surface area (Å²) in [5, 5.41) is 0. The fraction of sp³-hybridized carbons (Fsp3) is 0.714. The molecule has 0 unspecified atom stereocenters. The first-order chi connectivity index (χ1) is 4.14. The van der Waals surface area contributed by atoms with Crippen LogP contribution in [0, 0.1) is 5.41 Å². The molecule has 0 aliphatic carbocycles. The van der Waals surface area contributed by atoms with E-state index < -0.39 is 0 Å². The molecule has 0 aromatic carbocycles. The molecule has 1 saturated heterocycles. The minimum absolute atomic E-state index is 0.410. The molecule has 0 aromatic heterocycles. The highest BCUT2D eigenvalue weighted by atomic mass is 16.1. The predicted octanol–water partition coefficient (Wildman–Crippen LogP) is 0.673. The van der Waals surface area contributed by atoms with E-state index in [1.165, 1.54) is 6.20 Å². The average Bonchev–Trinajstić information content (AvgIpc) is 1.62. The Morgan fingerprint density at radius 3 is 2.44 bits per heavy atom. The molecule has 2 nitrogen and oxygen atoms in total. The van der Waals surface area contributed by atoms with Crippen molar-refractivity contribution >= 4 is 5.94 Å². The van der Waals surface area contributed by atoms with Crippen LogP contribution in [0.15, 0.2) is 6.20 Å². The predicted molar refractivity (Wildman–Crippen MR) is 35.6 cm³/mol. The van der Waals surface area contributed by atoms with Gasteiger partial charge in [-0.2, -0.15) is 0 Å². The third-order valence-electron chi connectivity index (χ3n) is 1.50. The van der Waals surface area contributed by atoms with Crippen LogP contribution < -0.4 is 0 Å². The SMILES string of the molecule is CC1(C)CN(C=C=O)C1. The van der Waals surface area contributed by atoms with Gasteiger partial charge in [-0.05, 0) is 5.41 Å². The summed E-state index contributed by atoms with van der Waals surface area (Å²) in [7, 11) is 0. The maximum Gasteiger partial charge on any atom is 0.142 e. The van der Waals surface area contributed by atoms with E-state index in [1.807, 2.05) is 4.90 Å². The molecule has 1 fully saturated rings. The summed E-state index contributed by atoms with van der Waals surface area (Å²) in [5.41, 5.74) is 0.410. The highest BCUT2D eigenvalue weighted by Gasteiger charge is 2.31. The molecule has 2 heteroatoms. The quantitative estimate of drug-likeness (QED) is 0.480. The smallest absolute Gasteiger partial charge is 0.142 e. The first-order valence-corrected chi connectivity index (χ1v) is 3.09. The molecule has 50 valence electrons. The molecule has 0 N–H and O–H groups in total. The molecule has 0 aromatic rings. The Bertz CT molecular complexity index is 148. The van der Waals surface area contributed by atoms with Gasteiger partial charge in [0, 0.05) is 13.1 Å². The molecule has 1 aliphatic rings. The first-order valence-electron chi connectivity index (χ1n) is 3.09. The van der Waals surface area contributed by atoms with Crippen molar-refractivity contribution in [3.05, 3.63) is 6.20 Å². The van der Waals surface area contributed by atoms with Crippen molar-refractivity contribution in [3.8, 4) is 0 Å². The van der Waals surface area contributed by atoms with E-state index in [0.29, 0.717) is 5.41 Å². The van der Waals surface area contributed by atoms with Gasteiger partial charge in [-0.3, -0.25) is 0 Å². The fourth-order valence-electron chi connectivity index (χ4n) is 1.22. The molecule has 1 heterocycles. The molecule has 9 heavy (non-hydrogen) atoms. The lowest BCUT2D eigenvalue weighted by molar-refractivity contribution is 0.0786. The van der Waals surface area contributed by atoms with Crippen molar-refractivity contribution < 1.29 is 4.79 Å². The van der Waals surface area contributed by atoms with Gasteiger partial charge in [0.2, 0.25) is 0 Å². The summed E-state index contributed by atoms with van der Waals surface area (Å²) in [6.07, 6.45) is 1.48. The number of hydrogen-bond acceptors (Lipinski definition) is 2. The number of hydrogen-bond donors (Lipinski definition) is 0. The van der Waals surface area contributed by atoms with E-state index >= 15 is 0 Å². The molecular weight excluding hydrogens is 114 g/mol. The molecular formula is C7H11NO. The molecule has 0 saturated carbocycles. The summed E-state index contributed by atoms with van der Waals surface area (Å²) in [6, 6.07) is 0. The Morgan fingerprint density at radius 1 is 1.56 bits per heavy atom. The zero-order valence-corrected chi connectivity index (χ0v) is 5.85. The highest BCUT2D eigenvalue weighted by molar-refractivity contribution is 5.44. The van der Waals surface area contributed by atoms with Crippen LogP contribution in [-0.2, 0) is 4.79 Å². The normalized spacial score (nSPS) is 22.2. The summed E-state index contributed by atoms with van der Waals surface area (Å²) in [5.74, 6) is 1.76. The van der Waals surface area contributed by atoms with Crippen LogP contribution in [-0.4, -0.2) is 23.9 Å². The maximum absolute atomic E-state index is 9.80.